The van der Waals surface area contributed by atoms with E-state index in [1.54, 1.807) is 0 Å². The van der Waals surface area contributed by atoms with Crippen molar-refractivity contribution >= 4 is 23.8 Å². The molecule has 11 heteroatoms. The van der Waals surface area contributed by atoms with E-state index in [1.165, 1.54) is 24.3 Å². The Morgan fingerprint density at radius 3 is 2.54 bits per heavy atom. The molecular formula is C17H17F3N4O3S. The van der Waals surface area contributed by atoms with Crippen LogP contribution in [-0.2, 0) is 10.9 Å². The summed E-state index contributed by atoms with van der Waals surface area (Å²) in [6.45, 7) is 1.17. The first kappa shape index (κ1) is 20.2. The van der Waals surface area contributed by atoms with E-state index in [0.717, 1.165) is 30.8 Å². The maximum atomic E-state index is 13.3. The predicted molar refractivity (Wildman–Crippen MR) is 95.3 cm³/mol. The van der Waals surface area contributed by atoms with E-state index in [9.17, 15) is 18.0 Å². The van der Waals surface area contributed by atoms with E-state index >= 15 is 0 Å². The summed E-state index contributed by atoms with van der Waals surface area (Å²) >= 11 is 0.837. The van der Waals surface area contributed by atoms with Crippen molar-refractivity contribution in [3.8, 4) is 5.75 Å². The van der Waals surface area contributed by atoms with Crippen molar-refractivity contribution in [2.24, 2.45) is 5.73 Å². The molecule has 1 saturated heterocycles. The largest absolute Gasteiger partial charge is 0.420 e. The minimum atomic E-state index is -4.59. The Hall–Kier alpha value is -2.53. The van der Waals surface area contributed by atoms with E-state index in [0.29, 0.717) is 18.1 Å². The summed E-state index contributed by atoms with van der Waals surface area (Å²) in [6, 6.07) is 5.94. The van der Waals surface area contributed by atoms with Gasteiger partial charge in [0.15, 0.2) is 0 Å². The van der Waals surface area contributed by atoms with Gasteiger partial charge in [-0.15, -0.1) is 0 Å². The van der Waals surface area contributed by atoms with Gasteiger partial charge in [-0.1, -0.05) is 11.8 Å². The molecule has 3 rings (SSSR count). The Morgan fingerprint density at radius 1 is 1.25 bits per heavy atom. The van der Waals surface area contributed by atoms with Crippen molar-refractivity contribution in [1.82, 2.24) is 9.97 Å². The first-order valence-electron chi connectivity index (χ1n) is 8.35. The number of primary amides is 1. The highest BCUT2D eigenvalue weighted by Crippen LogP contribution is 2.38. The average Bonchev–Trinajstić information content (AvgIpc) is 2.63. The van der Waals surface area contributed by atoms with Gasteiger partial charge in [0.05, 0.1) is 0 Å². The molecule has 1 aliphatic rings. The van der Waals surface area contributed by atoms with Crippen molar-refractivity contribution in [2.45, 2.75) is 35.0 Å². The number of carbonyl (C=O) groups excluding carboxylic acids is 1. The lowest BCUT2D eigenvalue weighted by atomic mass is 10.1. The van der Waals surface area contributed by atoms with Crippen molar-refractivity contribution in [1.29, 1.82) is 0 Å². The minimum Gasteiger partial charge on any atom is -0.411 e. The summed E-state index contributed by atoms with van der Waals surface area (Å²) in [5.74, 6) is 0.327. The number of carbonyl (C=O) groups is 1. The molecule has 1 amide bonds. The molecule has 1 aliphatic heterocycles. The van der Waals surface area contributed by atoms with Crippen molar-refractivity contribution in [2.75, 3.05) is 18.5 Å². The molecule has 0 radical (unpaired) electrons. The second-order valence-corrected chi connectivity index (χ2v) is 7.00. The van der Waals surface area contributed by atoms with Crippen LogP contribution in [0.5, 0.6) is 5.75 Å². The Bertz CT molecular complexity index is 827. The van der Waals surface area contributed by atoms with Gasteiger partial charge < -0.3 is 20.5 Å². The highest BCUT2D eigenvalue weighted by molar-refractivity contribution is 7.99. The number of benzene rings is 1. The van der Waals surface area contributed by atoms with E-state index in [1.807, 2.05) is 0 Å². The van der Waals surface area contributed by atoms with E-state index in [4.69, 9.17) is 15.2 Å². The SMILES string of the molecule is NC(=O)Oc1ccc(Sc2nc(NC3CCOCC3)ncc2C(F)(F)F)cc1. The molecule has 0 bridgehead atoms. The third kappa shape index (κ3) is 5.49. The van der Waals surface area contributed by atoms with E-state index < -0.39 is 17.8 Å². The lowest BCUT2D eigenvalue weighted by Gasteiger charge is -2.23. The average molecular weight is 414 g/mol. The first-order valence-corrected chi connectivity index (χ1v) is 9.16. The number of alkyl halides is 3. The molecule has 0 saturated carbocycles. The molecule has 0 spiro atoms. The fourth-order valence-electron chi connectivity index (χ4n) is 2.54. The van der Waals surface area contributed by atoms with Crippen LogP contribution in [0.25, 0.3) is 0 Å². The molecule has 7 nitrogen and oxygen atoms in total. The van der Waals surface area contributed by atoms with Crippen LogP contribution in [0.1, 0.15) is 18.4 Å². The van der Waals surface area contributed by atoms with Gasteiger partial charge in [0.25, 0.3) is 0 Å². The fraction of sp³-hybridized carbons (Fsp3) is 0.353. The van der Waals surface area contributed by atoms with Gasteiger partial charge in [-0.2, -0.15) is 13.2 Å². The van der Waals surface area contributed by atoms with Gasteiger partial charge in [0.2, 0.25) is 5.95 Å². The standard InChI is InChI=1S/C17H17F3N4O3S/c18-17(19,20)13-9-22-16(23-10-5-7-26-8-6-10)24-14(13)28-12-3-1-11(2-4-12)27-15(21)25/h1-4,9-10H,5-8H2,(H2,21,25)(H,22,23,24). The van der Waals surface area contributed by atoms with E-state index in [-0.39, 0.29) is 22.8 Å². The zero-order valence-electron chi connectivity index (χ0n) is 14.5. The number of anilines is 1. The van der Waals surface area contributed by atoms with Crippen LogP contribution >= 0.6 is 11.8 Å². The molecule has 0 unspecified atom stereocenters. The lowest BCUT2D eigenvalue weighted by molar-refractivity contribution is -0.140. The molecule has 2 heterocycles. The lowest BCUT2D eigenvalue weighted by Crippen LogP contribution is -2.28. The molecule has 0 aliphatic carbocycles. The van der Waals surface area contributed by atoms with Gasteiger partial charge in [-0.3, -0.25) is 0 Å². The quantitative estimate of drug-likeness (QED) is 0.720. The van der Waals surface area contributed by atoms with Gasteiger partial charge in [0, 0.05) is 30.3 Å². The van der Waals surface area contributed by atoms with Crippen LogP contribution in [-0.4, -0.2) is 35.3 Å². The topological polar surface area (TPSA) is 99.4 Å². The van der Waals surface area contributed by atoms with Gasteiger partial charge in [0.1, 0.15) is 16.3 Å². The number of nitrogens with zero attached hydrogens (tertiary/aromatic N) is 2. The minimum absolute atomic E-state index is 0.0496. The smallest absolute Gasteiger partial charge is 0.411 e. The van der Waals surface area contributed by atoms with Crippen LogP contribution in [0.3, 0.4) is 0 Å². The molecular weight excluding hydrogens is 397 g/mol. The van der Waals surface area contributed by atoms with Crippen molar-refractivity contribution < 1.29 is 27.4 Å². The number of hydrogen-bond donors (Lipinski definition) is 2. The zero-order chi connectivity index (χ0) is 20.1. The summed E-state index contributed by atoms with van der Waals surface area (Å²) in [5, 5.41) is 2.84. The summed E-state index contributed by atoms with van der Waals surface area (Å²) in [6.07, 6.45) is -3.32. The summed E-state index contributed by atoms with van der Waals surface area (Å²) in [5.41, 5.74) is 4.00. The van der Waals surface area contributed by atoms with E-state index in [2.05, 4.69) is 15.3 Å². The normalized spacial score (nSPS) is 15.2. The molecule has 0 atom stereocenters. The number of nitrogens with one attached hydrogen (secondary N) is 1. The second kappa shape index (κ2) is 8.65. The highest BCUT2D eigenvalue weighted by Gasteiger charge is 2.35. The number of halogens is 3. The van der Waals surface area contributed by atoms with Crippen LogP contribution < -0.4 is 15.8 Å². The van der Waals surface area contributed by atoms with Crippen LogP contribution in [0.4, 0.5) is 23.9 Å². The molecule has 1 aromatic carbocycles. The Balaban J connectivity index is 1.81. The Labute approximate surface area is 162 Å². The predicted octanol–water partition coefficient (Wildman–Crippen LogP) is 3.70. The number of amides is 1. The third-order valence-corrected chi connectivity index (χ3v) is 4.88. The Kier molecular flexibility index (Phi) is 6.25. The third-order valence-electron chi connectivity index (χ3n) is 3.87. The zero-order valence-corrected chi connectivity index (χ0v) is 15.3. The van der Waals surface area contributed by atoms with Crippen LogP contribution in [0.2, 0.25) is 0 Å². The van der Waals surface area contributed by atoms with Crippen LogP contribution in [0.15, 0.2) is 40.4 Å². The number of aromatic nitrogens is 2. The maximum absolute atomic E-state index is 13.3. The number of rotatable bonds is 5. The Morgan fingerprint density at radius 2 is 1.93 bits per heavy atom. The molecule has 3 N–H and O–H groups in total. The highest BCUT2D eigenvalue weighted by atomic mass is 32.2. The molecule has 1 aromatic heterocycles. The summed E-state index contributed by atoms with van der Waals surface area (Å²) in [4.78, 5) is 19.1. The number of hydrogen-bond acceptors (Lipinski definition) is 7. The fourth-order valence-corrected chi connectivity index (χ4v) is 3.44. The maximum Gasteiger partial charge on any atom is 0.420 e. The molecule has 1 fully saturated rings. The monoisotopic (exact) mass is 414 g/mol. The van der Waals surface area contributed by atoms with Crippen molar-refractivity contribution in [3.63, 3.8) is 0 Å². The molecule has 2 aromatic rings. The summed E-state index contributed by atoms with van der Waals surface area (Å²) in [7, 11) is 0. The summed E-state index contributed by atoms with van der Waals surface area (Å²) < 4.78 is 50.0. The number of ether oxygens (including phenoxy) is 2. The number of nitrogens with two attached hydrogens (primary N) is 1. The van der Waals surface area contributed by atoms with Gasteiger partial charge in [-0.25, -0.2) is 14.8 Å². The van der Waals surface area contributed by atoms with Gasteiger partial charge >= 0.3 is 12.3 Å². The first-order chi connectivity index (χ1) is 13.3. The molecule has 150 valence electrons. The van der Waals surface area contributed by atoms with Crippen LogP contribution in [0, 0.1) is 0 Å². The molecule has 28 heavy (non-hydrogen) atoms. The van der Waals surface area contributed by atoms with Crippen molar-refractivity contribution in [3.05, 3.63) is 36.0 Å². The second-order valence-electron chi connectivity index (χ2n) is 5.94. The van der Waals surface area contributed by atoms with Gasteiger partial charge in [-0.05, 0) is 37.1 Å².